The van der Waals surface area contributed by atoms with Gasteiger partial charge in [-0.05, 0) is 12.8 Å². The maximum absolute atomic E-state index is 10.5. The number of thiocarbonyl (C=S) groups is 1. The van der Waals surface area contributed by atoms with Crippen molar-refractivity contribution >= 4 is 37.0 Å². The van der Waals surface area contributed by atoms with Crippen molar-refractivity contribution in [1.29, 1.82) is 0 Å². The van der Waals surface area contributed by atoms with Gasteiger partial charge in [-0.1, -0.05) is 102 Å². The minimum Gasteiger partial charge on any atom is -0.371 e. The SMILES string of the molecule is O=P(O)(O)OCCCCCCCCCCCCCCCCCCNC(=S)S. The van der Waals surface area contributed by atoms with Crippen LogP contribution in [0.15, 0.2) is 0 Å². The first-order chi connectivity index (χ1) is 12.9. The van der Waals surface area contributed by atoms with Crippen molar-refractivity contribution in [3.8, 4) is 0 Å². The zero-order valence-electron chi connectivity index (χ0n) is 16.7. The van der Waals surface area contributed by atoms with Crippen molar-refractivity contribution in [3.05, 3.63) is 0 Å². The molecule has 0 aliphatic rings. The maximum atomic E-state index is 10.5. The minimum absolute atomic E-state index is 0.159. The van der Waals surface area contributed by atoms with Gasteiger partial charge >= 0.3 is 7.82 Å². The van der Waals surface area contributed by atoms with E-state index in [1.54, 1.807) is 0 Å². The lowest BCUT2D eigenvalue weighted by Crippen LogP contribution is -2.17. The first-order valence-corrected chi connectivity index (χ1v) is 13.0. The summed E-state index contributed by atoms with van der Waals surface area (Å²) in [5.41, 5.74) is 0. The summed E-state index contributed by atoms with van der Waals surface area (Å²) in [6, 6.07) is 0. The van der Waals surface area contributed by atoms with E-state index in [2.05, 4.69) is 22.5 Å². The molecule has 0 amide bonds. The summed E-state index contributed by atoms with van der Waals surface area (Å²) < 4.78 is 15.5. The predicted octanol–water partition coefficient (Wildman–Crippen LogP) is 6.14. The summed E-state index contributed by atoms with van der Waals surface area (Å²) in [5, 5.41) is 3.07. The van der Waals surface area contributed by atoms with Crippen LogP contribution in [0.5, 0.6) is 0 Å². The molecule has 0 spiro atoms. The molecule has 0 fully saturated rings. The van der Waals surface area contributed by atoms with Gasteiger partial charge in [0.25, 0.3) is 0 Å². The van der Waals surface area contributed by atoms with Crippen LogP contribution >= 0.6 is 32.7 Å². The molecular formula is C19H40NO4PS2. The molecule has 0 saturated heterocycles. The Hall–Kier alpha value is 0.350. The van der Waals surface area contributed by atoms with Gasteiger partial charge in [0, 0.05) is 6.54 Å². The van der Waals surface area contributed by atoms with Crippen molar-refractivity contribution < 1.29 is 18.9 Å². The number of hydrogen-bond acceptors (Lipinski definition) is 3. The van der Waals surface area contributed by atoms with E-state index in [4.69, 9.17) is 22.0 Å². The average molecular weight is 442 g/mol. The summed E-state index contributed by atoms with van der Waals surface area (Å²) in [6.07, 6.45) is 19.9. The summed E-state index contributed by atoms with van der Waals surface area (Å²) >= 11 is 8.89. The molecule has 0 atom stereocenters. The molecule has 0 aromatic rings. The Kier molecular flexibility index (Phi) is 19.9. The number of hydrogen-bond donors (Lipinski definition) is 4. The maximum Gasteiger partial charge on any atom is 0.469 e. The van der Waals surface area contributed by atoms with Gasteiger partial charge in [-0.15, -0.1) is 12.6 Å². The van der Waals surface area contributed by atoms with E-state index < -0.39 is 7.82 Å². The van der Waals surface area contributed by atoms with Gasteiger partial charge < -0.3 is 15.1 Å². The quantitative estimate of drug-likeness (QED) is 0.0786. The summed E-state index contributed by atoms with van der Waals surface area (Å²) in [6.45, 7) is 1.11. The molecule has 0 rings (SSSR count). The van der Waals surface area contributed by atoms with Crippen LogP contribution < -0.4 is 5.32 Å². The van der Waals surface area contributed by atoms with E-state index in [1.165, 1.54) is 83.5 Å². The van der Waals surface area contributed by atoms with E-state index in [1.807, 2.05) is 0 Å². The van der Waals surface area contributed by atoms with Gasteiger partial charge in [0.15, 0.2) is 0 Å². The van der Waals surface area contributed by atoms with E-state index in [9.17, 15) is 4.57 Å². The Balaban J connectivity index is 3.05. The molecule has 0 aliphatic heterocycles. The molecular weight excluding hydrogens is 401 g/mol. The number of rotatable bonds is 20. The van der Waals surface area contributed by atoms with E-state index in [0.29, 0.717) is 4.32 Å². The molecule has 0 saturated carbocycles. The molecule has 0 unspecified atom stereocenters. The fraction of sp³-hybridized carbons (Fsp3) is 0.947. The van der Waals surface area contributed by atoms with Crippen LogP contribution in [0.2, 0.25) is 0 Å². The second-order valence-corrected chi connectivity index (χ2v) is 9.61. The lowest BCUT2D eigenvalue weighted by Gasteiger charge is -2.05. The summed E-state index contributed by atoms with van der Waals surface area (Å²) in [5.74, 6) is 0. The summed E-state index contributed by atoms with van der Waals surface area (Å²) in [4.78, 5) is 17.1. The first-order valence-electron chi connectivity index (χ1n) is 10.6. The van der Waals surface area contributed by atoms with Gasteiger partial charge in [0.1, 0.15) is 4.32 Å². The molecule has 0 heterocycles. The second-order valence-electron chi connectivity index (χ2n) is 7.21. The highest BCUT2D eigenvalue weighted by molar-refractivity contribution is 8.11. The number of thiol groups is 1. The Bertz CT molecular complexity index is 394. The average Bonchev–Trinajstić information content (AvgIpc) is 2.58. The topological polar surface area (TPSA) is 78.8 Å². The van der Waals surface area contributed by atoms with Gasteiger partial charge in [-0.3, -0.25) is 4.52 Å². The zero-order valence-corrected chi connectivity index (χ0v) is 19.3. The molecule has 5 nitrogen and oxygen atoms in total. The standard InChI is InChI=1S/C19H40NO4PS2/c21-25(22,23)24-18-16-14-12-10-8-6-4-2-1-3-5-7-9-11-13-15-17-20-19(26)27/h1-18H2,(H2,20,26,27)(H2,21,22,23). The van der Waals surface area contributed by atoms with Crippen LogP contribution in [0, 0.1) is 0 Å². The molecule has 8 heteroatoms. The Labute approximate surface area is 177 Å². The highest BCUT2D eigenvalue weighted by atomic mass is 32.1. The van der Waals surface area contributed by atoms with Crippen molar-refractivity contribution in [1.82, 2.24) is 5.32 Å². The molecule has 0 aromatic heterocycles. The fourth-order valence-corrected chi connectivity index (χ4v) is 3.66. The van der Waals surface area contributed by atoms with E-state index >= 15 is 0 Å². The normalized spacial score (nSPS) is 11.7. The monoisotopic (exact) mass is 441 g/mol. The molecule has 0 bridgehead atoms. The van der Waals surface area contributed by atoms with Crippen molar-refractivity contribution in [2.45, 2.75) is 103 Å². The van der Waals surface area contributed by atoms with Crippen LogP contribution in [-0.4, -0.2) is 27.3 Å². The Morgan fingerprint density at radius 2 is 1.07 bits per heavy atom. The Morgan fingerprint density at radius 1 is 0.741 bits per heavy atom. The lowest BCUT2D eigenvalue weighted by atomic mass is 10.0. The minimum atomic E-state index is -4.27. The van der Waals surface area contributed by atoms with Crippen LogP contribution in [-0.2, 0) is 9.09 Å². The zero-order chi connectivity index (χ0) is 20.2. The van der Waals surface area contributed by atoms with E-state index in [0.717, 1.165) is 25.8 Å². The van der Waals surface area contributed by atoms with Crippen LogP contribution in [0.1, 0.15) is 103 Å². The largest absolute Gasteiger partial charge is 0.469 e. The molecule has 162 valence electrons. The number of nitrogens with one attached hydrogen (secondary N) is 1. The predicted molar refractivity (Wildman–Crippen MR) is 121 cm³/mol. The molecule has 0 aliphatic carbocycles. The highest BCUT2D eigenvalue weighted by Crippen LogP contribution is 2.35. The third-order valence-corrected chi connectivity index (χ3v) is 5.43. The highest BCUT2D eigenvalue weighted by Gasteiger charge is 2.12. The van der Waals surface area contributed by atoms with Gasteiger partial charge in [0.05, 0.1) is 6.61 Å². The van der Waals surface area contributed by atoms with Gasteiger partial charge in [0.2, 0.25) is 0 Å². The van der Waals surface area contributed by atoms with Crippen molar-refractivity contribution in [3.63, 3.8) is 0 Å². The molecule has 0 aromatic carbocycles. The van der Waals surface area contributed by atoms with Crippen LogP contribution in [0.25, 0.3) is 0 Å². The fourth-order valence-electron chi connectivity index (χ4n) is 3.08. The number of phosphoric acid groups is 1. The van der Waals surface area contributed by atoms with Crippen LogP contribution in [0.3, 0.4) is 0 Å². The number of unbranched alkanes of at least 4 members (excludes halogenated alkanes) is 15. The third-order valence-electron chi connectivity index (χ3n) is 4.61. The summed E-state index contributed by atoms with van der Waals surface area (Å²) in [7, 11) is -4.27. The molecule has 3 N–H and O–H groups in total. The van der Waals surface area contributed by atoms with Gasteiger partial charge in [-0.25, -0.2) is 4.57 Å². The van der Waals surface area contributed by atoms with Crippen molar-refractivity contribution in [2.24, 2.45) is 0 Å². The third kappa shape index (κ3) is 26.4. The second kappa shape index (κ2) is 19.7. The van der Waals surface area contributed by atoms with Crippen molar-refractivity contribution in [2.75, 3.05) is 13.2 Å². The van der Waals surface area contributed by atoms with Gasteiger partial charge in [-0.2, -0.15) is 0 Å². The van der Waals surface area contributed by atoms with E-state index in [-0.39, 0.29) is 6.61 Å². The molecule has 0 radical (unpaired) electrons. The Morgan fingerprint density at radius 3 is 1.41 bits per heavy atom. The van der Waals surface area contributed by atoms with Crippen LogP contribution in [0.4, 0.5) is 0 Å². The smallest absolute Gasteiger partial charge is 0.371 e. The number of phosphoric ester groups is 1. The lowest BCUT2D eigenvalue weighted by molar-refractivity contribution is 0.193. The first kappa shape index (κ1) is 27.4. The molecule has 27 heavy (non-hydrogen) atoms.